The zero-order chi connectivity index (χ0) is 11.4. The lowest BCUT2D eigenvalue weighted by Gasteiger charge is -2.19. The van der Waals surface area contributed by atoms with Crippen LogP contribution in [-0.2, 0) is 14.6 Å². The minimum absolute atomic E-state index is 0.0305. The third kappa shape index (κ3) is 5.93. The van der Waals surface area contributed by atoms with Crippen molar-refractivity contribution in [2.24, 2.45) is 5.41 Å². The Hall–Kier alpha value is -0.620. The van der Waals surface area contributed by atoms with E-state index in [9.17, 15) is 13.2 Å². The SMILES string of the molecule is CC(C)(CNCCS(C)(=O)=O)C(=O)O. The number of carbonyl (C=O) groups is 1. The largest absolute Gasteiger partial charge is 0.481 e. The fraction of sp³-hybridized carbons (Fsp3) is 0.875. The van der Waals surface area contributed by atoms with Gasteiger partial charge in [-0.3, -0.25) is 4.79 Å². The maximum atomic E-state index is 10.7. The van der Waals surface area contributed by atoms with Gasteiger partial charge in [0.2, 0.25) is 0 Å². The molecule has 0 aromatic carbocycles. The third-order valence-corrected chi connectivity index (χ3v) is 2.74. The number of hydrogen-bond donors (Lipinski definition) is 2. The van der Waals surface area contributed by atoms with Crippen LogP contribution in [0.25, 0.3) is 0 Å². The Morgan fingerprint density at radius 1 is 1.43 bits per heavy atom. The average molecular weight is 223 g/mol. The predicted octanol–water partition coefficient (Wildman–Crippen LogP) is -0.269. The van der Waals surface area contributed by atoms with Gasteiger partial charge in [0, 0.05) is 19.3 Å². The molecule has 0 spiro atoms. The molecular formula is C8H17NO4S. The van der Waals surface area contributed by atoms with Gasteiger partial charge in [-0.15, -0.1) is 0 Å². The maximum absolute atomic E-state index is 10.7. The summed E-state index contributed by atoms with van der Waals surface area (Å²) in [5.41, 5.74) is -0.864. The Labute approximate surface area is 84.4 Å². The first kappa shape index (κ1) is 13.4. The summed E-state index contributed by atoms with van der Waals surface area (Å²) in [6.45, 7) is 3.72. The second-order valence-electron chi connectivity index (χ2n) is 4.00. The number of nitrogens with one attached hydrogen (secondary N) is 1. The second kappa shape index (κ2) is 4.75. The summed E-state index contributed by atoms with van der Waals surface area (Å²) in [5, 5.41) is 11.5. The molecule has 0 aliphatic rings. The van der Waals surface area contributed by atoms with Gasteiger partial charge < -0.3 is 10.4 Å². The normalized spacial score (nSPS) is 12.8. The van der Waals surface area contributed by atoms with Crippen molar-refractivity contribution in [3.05, 3.63) is 0 Å². The summed E-state index contributed by atoms with van der Waals surface area (Å²) < 4.78 is 21.5. The second-order valence-corrected chi connectivity index (χ2v) is 6.26. The van der Waals surface area contributed by atoms with E-state index in [1.807, 2.05) is 0 Å². The van der Waals surface area contributed by atoms with Gasteiger partial charge in [0.15, 0.2) is 0 Å². The van der Waals surface area contributed by atoms with Gasteiger partial charge in [-0.25, -0.2) is 8.42 Å². The molecule has 14 heavy (non-hydrogen) atoms. The Morgan fingerprint density at radius 2 is 1.93 bits per heavy atom. The first-order chi connectivity index (χ1) is 6.15. The Kier molecular flexibility index (Phi) is 4.54. The molecule has 0 bridgehead atoms. The highest BCUT2D eigenvalue weighted by Gasteiger charge is 2.26. The number of sulfone groups is 1. The molecule has 0 radical (unpaired) electrons. The van der Waals surface area contributed by atoms with Gasteiger partial charge in [-0.1, -0.05) is 0 Å². The number of carboxylic acids is 1. The molecule has 0 unspecified atom stereocenters. The molecule has 0 aliphatic carbocycles. The highest BCUT2D eigenvalue weighted by atomic mass is 32.2. The molecule has 0 amide bonds. The molecule has 0 heterocycles. The van der Waals surface area contributed by atoms with E-state index in [2.05, 4.69) is 5.32 Å². The van der Waals surface area contributed by atoms with Gasteiger partial charge in [0.1, 0.15) is 9.84 Å². The number of aliphatic carboxylic acids is 1. The molecule has 0 saturated carbocycles. The van der Waals surface area contributed by atoms with Crippen molar-refractivity contribution >= 4 is 15.8 Å². The molecule has 84 valence electrons. The van der Waals surface area contributed by atoms with Crippen LogP contribution in [0.3, 0.4) is 0 Å². The van der Waals surface area contributed by atoms with E-state index in [4.69, 9.17) is 5.11 Å². The van der Waals surface area contributed by atoms with Crippen LogP contribution in [0.4, 0.5) is 0 Å². The van der Waals surface area contributed by atoms with Crippen molar-refractivity contribution in [2.45, 2.75) is 13.8 Å². The van der Waals surface area contributed by atoms with E-state index in [-0.39, 0.29) is 18.8 Å². The lowest BCUT2D eigenvalue weighted by Crippen LogP contribution is -2.37. The molecule has 0 rings (SSSR count). The minimum atomic E-state index is -2.97. The van der Waals surface area contributed by atoms with Crippen molar-refractivity contribution < 1.29 is 18.3 Å². The molecule has 0 aliphatic heterocycles. The smallest absolute Gasteiger partial charge is 0.310 e. The fourth-order valence-corrected chi connectivity index (χ4v) is 1.25. The summed E-state index contributed by atoms with van der Waals surface area (Å²) in [6, 6.07) is 0. The lowest BCUT2D eigenvalue weighted by molar-refractivity contribution is -0.146. The fourth-order valence-electron chi connectivity index (χ4n) is 0.734. The highest BCUT2D eigenvalue weighted by molar-refractivity contribution is 7.90. The quantitative estimate of drug-likeness (QED) is 0.606. The lowest BCUT2D eigenvalue weighted by atomic mass is 9.94. The number of carboxylic acid groups (broad SMARTS) is 1. The topological polar surface area (TPSA) is 83.5 Å². The molecule has 0 aromatic rings. The van der Waals surface area contributed by atoms with Gasteiger partial charge in [0.05, 0.1) is 11.2 Å². The zero-order valence-electron chi connectivity index (χ0n) is 8.70. The minimum Gasteiger partial charge on any atom is -0.481 e. The molecule has 2 N–H and O–H groups in total. The molecule has 6 heteroatoms. The van der Waals surface area contributed by atoms with E-state index in [0.29, 0.717) is 0 Å². The standard InChI is InChI=1S/C8H17NO4S/c1-8(2,7(10)11)6-9-4-5-14(3,12)13/h9H,4-6H2,1-3H3,(H,10,11). The van der Waals surface area contributed by atoms with Crippen molar-refractivity contribution in [3.63, 3.8) is 0 Å². The molecule has 0 atom stereocenters. The third-order valence-electron chi connectivity index (χ3n) is 1.80. The Balaban J connectivity index is 3.81. The summed E-state index contributed by atoms with van der Waals surface area (Å²) in [7, 11) is -2.97. The van der Waals surface area contributed by atoms with Gasteiger partial charge in [-0.05, 0) is 13.8 Å². The first-order valence-corrected chi connectivity index (χ1v) is 6.33. The Bertz CT molecular complexity index is 294. The van der Waals surface area contributed by atoms with E-state index in [1.54, 1.807) is 13.8 Å². The van der Waals surface area contributed by atoms with Crippen molar-refractivity contribution in [1.29, 1.82) is 0 Å². The zero-order valence-corrected chi connectivity index (χ0v) is 9.52. The van der Waals surface area contributed by atoms with Crippen LogP contribution in [0.5, 0.6) is 0 Å². The molecule has 5 nitrogen and oxygen atoms in total. The van der Waals surface area contributed by atoms with Crippen LogP contribution in [-0.4, -0.2) is 44.6 Å². The van der Waals surface area contributed by atoms with E-state index < -0.39 is 21.2 Å². The van der Waals surface area contributed by atoms with E-state index in [0.717, 1.165) is 6.26 Å². The van der Waals surface area contributed by atoms with Crippen LogP contribution in [0.15, 0.2) is 0 Å². The van der Waals surface area contributed by atoms with Crippen molar-refractivity contribution in [1.82, 2.24) is 5.32 Å². The van der Waals surface area contributed by atoms with Crippen LogP contribution in [0.1, 0.15) is 13.8 Å². The van der Waals surface area contributed by atoms with E-state index >= 15 is 0 Å². The first-order valence-electron chi connectivity index (χ1n) is 4.27. The molecular weight excluding hydrogens is 206 g/mol. The van der Waals surface area contributed by atoms with Crippen LogP contribution in [0, 0.1) is 5.41 Å². The van der Waals surface area contributed by atoms with E-state index in [1.165, 1.54) is 0 Å². The van der Waals surface area contributed by atoms with Crippen molar-refractivity contribution in [2.75, 3.05) is 25.1 Å². The van der Waals surface area contributed by atoms with Crippen LogP contribution in [0.2, 0.25) is 0 Å². The summed E-state index contributed by atoms with van der Waals surface area (Å²) in [4.78, 5) is 10.7. The maximum Gasteiger partial charge on any atom is 0.310 e. The van der Waals surface area contributed by atoms with Crippen molar-refractivity contribution in [3.8, 4) is 0 Å². The van der Waals surface area contributed by atoms with Gasteiger partial charge in [0.25, 0.3) is 0 Å². The monoisotopic (exact) mass is 223 g/mol. The van der Waals surface area contributed by atoms with Crippen LogP contribution >= 0.6 is 0 Å². The summed E-state index contributed by atoms with van der Waals surface area (Å²) in [5.74, 6) is -0.868. The number of hydrogen-bond acceptors (Lipinski definition) is 4. The van der Waals surface area contributed by atoms with Gasteiger partial charge >= 0.3 is 5.97 Å². The summed E-state index contributed by atoms with van der Waals surface area (Å²) >= 11 is 0. The van der Waals surface area contributed by atoms with Gasteiger partial charge in [-0.2, -0.15) is 0 Å². The molecule has 0 fully saturated rings. The van der Waals surface area contributed by atoms with Crippen LogP contribution < -0.4 is 5.32 Å². The summed E-state index contributed by atoms with van der Waals surface area (Å²) in [6.07, 6.45) is 1.15. The number of rotatable bonds is 6. The Morgan fingerprint density at radius 3 is 2.29 bits per heavy atom. The predicted molar refractivity (Wildman–Crippen MR) is 54.0 cm³/mol. The average Bonchev–Trinajstić information content (AvgIpc) is 1.96. The highest BCUT2D eigenvalue weighted by Crippen LogP contribution is 2.12. The molecule has 0 saturated heterocycles. The molecule has 0 aromatic heterocycles.